The zero-order chi connectivity index (χ0) is 35.6. The molecule has 0 saturated carbocycles. The van der Waals surface area contributed by atoms with E-state index in [0.29, 0.717) is 0 Å². The number of nitrogens with zero attached hydrogens (tertiary/aromatic N) is 1. The summed E-state index contributed by atoms with van der Waals surface area (Å²) in [4.78, 5) is 5.48. The SMILES string of the molecule is c1ccc(-c2cccc(-c3cc(-c4ccc5ccccc5c4)cc(-c4cccc5c4Oc4ccccc4C54c5ccccc5-c5ccccc54)n3)c2)cc1. The second kappa shape index (κ2) is 12.0. The summed E-state index contributed by atoms with van der Waals surface area (Å²) < 4.78 is 7.07. The lowest BCUT2D eigenvalue weighted by Gasteiger charge is -2.40. The largest absolute Gasteiger partial charge is 0.456 e. The van der Waals surface area contributed by atoms with Gasteiger partial charge in [0.15, 0.2) is 0 Å². The van der Waals surface area contributed by atoms with Crippen molar-refractivity contribution in [2.45, 2.75) is 5.41 Å². The number of benzene rings is 8. The lowest BCUT2D eigenvalue weighted by Crippen LogP contribution is -2.32. The van der Waals surface area contributed by atoms with Crippen molar-refractivity contribution in [2.24, 2.45) is 0 Å². The molecule has 11 rings (SSSR count). The van der Waals surface area contributed by atoms with Gasteiger partial charge in [-0.2, -0.15) is 0 Å². The Morgan fingerprint density at radius 1 is 0.333 bits per heavy atom. The maximum Gasteiger partial charge on any atom is 0.141 e. The number of aromatic nitrogens is 1. The Morgan fingerprint density at radius 2 is 0.907 bits per heavy atom. The van der Waals surface area contributed by atoms with Crippen molar-refractivity contribution >= 4 is 10.8 Å². The molecule has 252 valence electrons. The van der Waals surface area contributed by atoms with Gasteiger partial charge in [0.2, 0.25) is 0 Å². The molecule has 2 heterocycles. The third kappa shape index (κ3) is 4.57. The molecule has 2 heteroatoms. The number of hydrogen-bond donors (Lipinski definition) is 0. The van der Waals surface area contributed by atoms with Crippen LogP contribution < -0.4 is 4.74 Å². The van der Waals surface area contributed by atoms with Gasteiger partial charge < -0.3 is 4.74 Å². The normalized spacial score (nSPS) is 13.1. The van der Waals surface area contributed by atoms with Crippen molar-refractivity contribution in [1.82, 2.24) is 4.98 Å². The van der Waals surface area contributed by atoms with E-state index in [1.54, 1.807) is 0 Å². The highest BCUT2D eigenvalue weighted by atomic mass is 16.5. The fraction of sp³-hybridized carbons (Fsp3) is 0.0192. The monoisotopic (exact) mass is 687 g/mol. The van der Waals surface area contributed by atoms with Gasteiger partial charge in [-0.15, -0.1) is 0 Å². The van der Waals surface area contributed by atoms with E-state index in [0.717, 1.165) is 61.8 Å². The molecular weight excluding hydrogens is 655 g/mol. The van der Waals surface area contributed by atoms with Gasteiger partial charge in [0, 0.05) is 22.3 Å². The molecule has 0 bridgehead atoms. The summed E-state index contributed by atoms with van der Waals surface area (Å²) in [6.45, 7) is 0. The van der Waals surface area contributed by atoms with Crippen LogP contribution in [0.5, 0.6) is 11.5 Å². The second-order valence-electron chi connectivity index (χ2n) is 14.3. The third-order valence-electron chi connectivity index (χ3n) is 11.3. The minimum absolute atomic E-state index is 0.545. The fourth-order valence-electron chi connectivity index (χ4n) is 8.92. The van der Waals surface area contributed by atoms with Crippen molar-refractivity contribution < 1.29 is 4.74 Å². The van der Waals surface area contributed by atoms with E-state index in [1.165, 1.54) is 38.6 Å². The quantitative estimate of drug-likeness (QED) is 0.184. The zero-order valence-electron chi connectivity index (χ0n) is 29.4. The molecule has 1 aliphatic carbocycles. The highest BCUT2D eigenvalue weighted by Crippen LogP contribution is 2.63. The van der Waals surface area contributed by atoms with Crippen molar-refractivity contribution in [3.63, 3.8) is 0 Å². The highest BCUT2D eigenvalue weighted by molar-refractivity contribution is 5.92. The first kappa shape index (κ1) is 30.6. The Bertz CT molecular complexity index is 2880. The molecule has 0 radical (unpaired) electrons. The van der Waals surface area contributed by atoms with Gasteiger partial charge in [0.05, 0.1) is 16.8 Å². The maximum absolute atomic E-state index is 7.07. The summed E-state index contributed by atoms with van der Waals surface area (Å²) in [7, 11) is 0. The molecule has 1 aromatic heterocycles. The van der Waals surface area contributed by atoms with Gasteiger partial charge in [0.1, 0.15) is 11.5 Å². The van der Waals surface area contributed by atoms with Gasteiger partial charge in [0.25, 0.3) is 0 Å². The molecule has 1 spiro atoms. The Labute approximate surface area is 314 Å². The first-order chi connectivity index (χ1) is 26.8. The molecule has 9 aromatic rings. The van der Waals surface area contributed by atoms with E-state index in [9.17, 15) is 0 Å². The standard InChI is InChI=1S/C52H33NO/c1-2-14-34(15-3-1)37-18-12-19-39(31-37)48-32-40(38-29-28-35-16-4-5-17-36(35)30-38)33-49(53-48)43-22-13-26-47-51(43)54-50-27-11-10-25-46(50)52(47)44-23-8-6-20-41(44)42-21-7-9-24-45(42)52/h1-33H. The molecule has 0 atom stereocenters. The number of rotatable bonds is 4. The van der Waals surface area contributed by atoms with E-state index < -0.39 is 5.41 Å². The van der Waals surface area contributed by atoms with Crippen LogP contribution in [0.2, 0.25) is 0 Å². The van der Waals surface area contributed by atoms with Crippen LogP contribution >= 0.6 is 0 Å². The van der Waals surface area contributed by atoms with E-state index in [1.807, 2.05) is 0 Å². The molecule has 0 saturated heterocycles. The van der Waals surface area contributed by atoms with Crippen LogP contribution in [-0.2, 0) is 5.41 Å². The Morgan fingerprint density at radius 3 is 1.72 bits per heavy atom. The van der Waals surface area contributed by atoms with Crippen LogP contribution in [0.4, 0.5) is 0 Å². The van der Waals surface area contributed by atoms with Crippen molar-refractivity contribution in [1.29, 1.82) is 0 Å². The fourth-order valence-corrected chi connectivity index (χ4v) is 8.92. The van der Waals surface area contributed by atoms with Gasteiger partial charge in [-0.1, -0.05) is 164 Å². The van der Waals surface area contributed by atoms with E-state index in [-0.39, 0.29) is 0 Å². The van der Waals surface area contributed by atoms with Gasteiger partial charge in [-0.05, 0) is 91.7 Å². The lowest BCUT2D eigenvalue weighted by molar-refractivity contribution is 0.438. The minimum atomic E-state index is -0.545. The lowest BCUT2D eigenvalue weighted by atomic mass is 9.65. The third-order valence-corrected chi connectivity index (χ3v) is 11.3. The summed E-state index contributed by atoms with van der Waals surface area (Å²) >= 11 is 0. The summed E-state index contributed by atoms with van der Waals surface area (Å²) in [6.07, 6.45) is 0. The molecule has 2 aliphatic rings. The van der Waals surface area contributed by atoms with Crippen LogP contribution in [0, 0.1) is 0 Å². The van der Waals surface area contributed by atoms with Crippen LogP contribution in [0.3, 0.4) is 0 Å². The number of para-hydroxylation sites is 2. The van der Waals surface area contributed by atoms with Crippen LogP contribution in [0.25, 0.3) is 66.7 Å². The zero-order valence-corrected chi connectivity index (χ0v) is 29.4. The molecule has 8 aromatic carbocycles. The average Bonchev–Trinajstić information content (AvgIpc) is 3.54. The van der Waals surface area contributed by atoms with Crippen LogP contribution in [0.15, 0.2) is 200 Å². The number of hydrogen-bond acceptors (Lipinski definition) is 2. The summed E-state index contributed by atoms with van der Waals surface area (Å²) in [5.74, 6) is 1.71. The highest BCUT2D eigenvalue weighted by Gasteiger charge is 2.51. The molecular formula is C52H33NO. The molecule has 1 aliphatic heterocycles. The van der Waals surface area contributed by atoms with Crippen molar-refractivity contribution in [3.05, 3.63) is 222 Å². The molecule has 0 unspecified atom stereocenters. The van der Waals surface area contributed by atoms with Crippen LogP contribution in [-0.4, -0.2) is 4.98 Å². The van der Waals surface area contributed by atoms with Gasteiger partial charge in [-0.25, -0.2) is 4.98 Å². The second-order valence-corrected chi connectivity index (χ2v) is 14.3. The van der Waals surface area contributed by atoms with Crippen molar-refractivity contribution in [2.75, 3.05) is 0 Å². The molecule has 2 nitrogen and oxygen atoms in total. The minimum Gasteiger partial charge on any atom is -0.456 e. The van der Waals surface area contributed by atoms with Gasteiger partial charge >= 0.3 is 0 Å². The first-order valence-corrected chi connectivity index (χ1v) is 18.5. The summed E-state index contributed by atoms with van der Waals surface area (Å²) in [5, 5.41) is 2.43. The number of ether oxygens (including phenoxy) is 1. The predicted molar refractivity (Wildman–Crippen MR) is 221 cm³/mol. The van der Waals surface area contributed by atoms with Crippen LogP contribution in [0.1, 0.15) is 22.3 Å². The number of pyridine rings is 1. The molecule has 0 fully saturated rings. The summed E-state index contributed by atoms with van der Waals surface area (Å²) in [5.41, 5.74) is 15.2. The number of fused-ring (bicyclic) bond motifs is 10. The van der Waals surface area contributed by atoms with E-state index in [4.69, 9.17) is 9.72 Å². The Hall–Kier alpha value is -7.03. The Kier molecular flexibility index (Phi) is 6.80. The molecule has 0 amide bonds. The Balaban J connectivity index is 1.17. The van der Waals surface area contributed by atoms with E-state index in [2.05, 4.69) is 200 Å². The smallest absolute Gasteiger partial charge is 0.141 e. The average molecular weight is 688 g/mol. The predicted octanol–water partition coefficient (Wildman–Crippen LogP) is 13.4. The first-order valence-electron chi connectivity index (χ1n) is 18.5. The topological polar surface area (TPSA) is 22.1 Å². The molecule has 0 N–H and O–H groups in total. The van der Waals surface area contributed by atoms with Crippen molar-refractivity contribution in [3.8, 4) is 67.4 Å². The van der Waals surface area contributed by atoms with Gasteiger partial charge in [-0.3, -0.25) is 0 Å². The molecule has 54 heavy (non-hydrogen) atoms. The van der Waals surface area contributed by atoms with E-state index >= 15 is 0 Å². The maximum atomic E-state index is 7.07. The summed E-state index contributed by atoms with van der Waals surface area (Å²) in [6, 6.07) is 71.9.